The van der Waals surface area contributed by atoms with Crippen molar-refractivity contribution in [2.75, 3.05) is 44.0 Å². The molecule has 366 valence electrons. The number of aromatic nitrogens is 1. The molecule has 14 nitrogen and oxygen atoms in total. The minimum absolute atomic E-state index is 0.0679. The van der Waals surface area contributed by atoms with E-state index in [1.54, 1.807) is 35.2 Å². The molecule has 3 aromatic carbocycles. The number of hydrogen-bond donors (Lipinski definition) is 4. The van der Waals surface area contributed by atoms with E-state index in [-0.39, 0.29) is 95.5 Å². The number of imide groups is 1. The van der Waals surface area contributed by atoms with E-state index in [1.807, 2.05) is 20.8 Å². The van der Waals surface area contributed by atoms with Crippen LogP contribution in [0, 0.1) is 23.1 Å². The van der Waals surface area contributed by atoms with E-state index in [4.69, 9.17) is 21.1 Å². The molecule has 3 saturated heterocycles. The number of halogens is 5. The number of amides is 5. The van der Waals surface area contributed by atoms with Gasteiger partial charge in [0.05, 0.1) is 30.5 Å². The molecule has 5 aliphatic heterocycles. The van der Waals surface area contributed by atoms with Crippen LogP contribution in [0.4, 0.5) is 28.9 Å². The number of pyridine rings is 1. The topological polar surface area (TPSA) is 171 Å². The molecule has 3 fully saturated rings. The van der Waals surface area contributed by atoms with Crippen LogP contribution in [-0.4, -0.2) is 102 Å². The third-order valence-electron chi connectivity index (χ3n) is 13.9. The van der Waals surface area contributed by atoms with Crippen LogP contribution in [-0.2, 0) is 37.3 Å². The fourth-order valence-electron chi connectivity index (χ4n) is 10.6. The van der Waals surface area contributed by atoms with Crippen LogP contribution in [0.5, 0.6) is 5.75 Å². The lowest BCUT2D eigenvalue weighted by Gasteiger charge is -2.39. The Balaban J connectivity index is 0.925. The summed E-state index contributed by atoms with van der Waals surface area (Å²) in [6.07, 6.45) is -2.87. The number of ether oxygens (including phenoxy) is 2. The van der Waals surface area contributed by atoms with Gasteiger partial charge in [0.2, 0.25) is 17.7 Å². The summed E-state index contributed by atoms with van der Waals surface area (Å²) >= 11 is 6.36. The van der Waals surface area contributed by atoms with E-state index >= 15 is 4.39 Å². The Bertz CT molecular complexity index is 2880. The Kier molecular flexibility index (Phi) is 12.9. The molecule has 70 heavy (non-hydrogen) atoms. The van der Waals surface area contributed by atoms with Gasteiger partial charge in [-0.3, -0.25) is 34.3 Å². The Labute approximate surface area is 406 Å². The average molecular weight is 984 g/mol. The Morgan fingerprint density at radius 3 is 2.57 bits per heavy atom. The van der Waals surface area contributed by atoms with Crippen molar-refractivity contribution in [3.05, 3.63) is 117 Å². The number of benzene rings is 3. The average Bonchev–Trinajstić information content (AvgIpc) is 3.89. The van der Waals surface area contributed by atoms with Crippen LogP contribution in [0.1, 0.15) is 101 Å². The quantitative estimate of drug-likeness (QED) is 0.0877. The lowest BCUT2D eigenvalue weighted by atomic mass is 9.63. The molecule has 0 radical (unpaired) electrons. The maximum Gasteiger partial charge on any atom is 0.433 e. The molecular formula is C51H50ClF4N7O7. The maximum absolute atomic E-state index is 16.3. The van der Waals surface area contributed by atoms with Crippen molar-refractivity contribution in [1.29, 1.82) is 0 Å². The van der Waals surface area contributed by atoms with Crippen LogP contribution in [0.3, 0.4) is 0 Å². The van der Waals surface area contributed by atoms with Gasteiger partial charge in [0.25, 0.3) is 11.8 Å². The molecule has 19 heteroatoms. The molecule has 9 rings (SSSR count). The third kappa shape index (κ3) is 9.06. The minimum Gasteiger partial charge on any atom is -0.495 e. The second-order valence-corrected chi connectivity index (χ2v) is 19.8. The number of nitrogens with one attached hydrogen (secondary N) is 4. The highest BCUT2D eigenvalue weighted by molar-refractivity contribution is 6.30. The van der Waals surface area contributed by atoms with E-state index in [1.165, 1.54) is 42.5 Å². The largest absolute Gasteiger partial charge is 0.495 e. The Morgan fingerprint density at radius 1 is 1.04 bits per heavy atom. The zero-order valence-corrected chi connectivity index (χ0v) is 39.4. The fraction of sp³-hybridized carbons (Fsp3) is 0.412. The predicted molar refractivity (Wildman–Crippen MR) is 250 cm³/mol. The normalized spacial score (nSPS) is 24.3. The highest BCUT2D eigenvalue weighted by atomic mass is 35.5. The van der Waals surface area contributed by atoms with Gasteiger partial charge in [-0.15, -0.1) is 0 Å². The summed E-state index contributed by atoms with van der Waals surface area (Å²) in [6.45, 7) is 6.98. The number of rotatable bonds is 7. The van der Waals surface area contributed by atoms with Crippen molar-refractivity contribution in [3.63, 3.8) is 0 Å². The monoisotopic (exact) mass is 983 g/mol. The summed E-state index contributed by atoms with van der Waals surface area (Å²) in [6, 6.07) is 12.8. The van der Waals surface area contributed by atoms with Crippen molar-refractivity contribution < 1.29 is 51.0 Å². The first kappa shape index (κ1) is 48.5. The SMILES string of the molecule is COc1cc(C(=O)N2CCO[C@H](C#Cc3cccc4c3CN([C@H]3CCC(=O)NC3=O)C4=O)CC2)ccc1NC(=O)[C@@H]1N[C@@H](CC(C)(C)C)[C@@]2(CNc3cc(C(F)(F)F)ncc32)[C@H]1c1cccc(Cl)c1F. The summed E-state index contributed by atoms with van der Waals surface area (Å²) in [5.74, 6) is 2.66. The summed E-state index contributed by atoms with van der Waals surface area (Å²) in [5, 5.41) is 11.7. The lowest BCUT2D eigenvalue weighted by molar-refractivity contribution is -0.141. The number of carbonyl (C=O) groups excluding carboxylic acids is 5. The lowest BCUT2D eigenvalue weighted by Crippen LogP contribution is -2.52. The van der Waals surface area contributed by atoms with Crippen molar-refractivity contribution >= 4 is 52.5 Å². The van der Waals surface area contributed by atoms with E-state index in [0.717, 1.165) is 6.07 Å². The molecule has 1 aromatic heterocycles. The zero-order chi connectivity index (χ0) is 49.9. The van der Waals surface area contributed by atoms with Gasteiger partial charge < -0.3 is 35.2 Å². The number of carbonyl (C=O) groups is 5. The Hall–Kier alpha value is -6.55. The number of alkyl halides is 3. The van der Waals surface area contributed by atoms with Gasteiger partial charge in [0, 0.05) is 90.5 Å². The first-order valence-electron chi connectivity index (χ1n) is 23.0. The molecule has 0 unspecified atom stereocenters. The van der Waals surface area contributed by atoms with Crippen molar-refractivity contribution in [2.45, 2.75) is 94.7 Å². The van der Waals surface area contributed by atoms with E-state index in [0.29, 0.717) is 41.6 Å². The molecule has 1 spiro atoms. The molecule has 5 aliphatic rings. The van der Waals surface area contributed by atoms with Gasteiger partial charge in [0.1, 0.15) is 29.4 Å². The van der Waals surface area contributed by atoms with Gasteiger partial charge in [-0.05, 0) is 71.8 Å². The number of methoxy groups -OCH3 is 1. The zero-order valence-electron chi connectivity index (χ0n) is 38.7. The van der Waals surface area contributed by atoms with Crippen molar-refractivity contribution in [1.82, 2.24) is 25.4 Å². The Morgan fingerprint density at radius 2 is 1.83 bits per heavy atom. The second-order valence-electron chi connectivity index (χ2n) is 19.4. The van der Waals surface area contributed by atoms with E-state index in [2.05, 4.69) is 38.1 Å². The maximum atomic E-state index is 16.3. The predicted octanol–water partition coefficient (Wildman–Crippen LogP) is 6.81. The first-order chi connectivity index (χ1) is 33.3. The molecule has 0 aliphatic carbocycles. The second kappa shape index (κ2) is 18.6. The third-order valence-corrected chi connectivity index (χ3v) is 14.2. The molecular weight excluding hydrogens is 934 g/mol. The number of hydrogen-bond acceptors (Lipinski definition) is 10. The smallest absolute Gasteiger partial charge is 0.433 e. The van der Waals surface area contributed by atoms with Crippen LogP contribution >= 0.6 is 11.6 Å². The summed E-state index contributed by atoms with van der Waals surface area (Å²) in [5.41, 5.74) is 0.327. The summed E-state index contributed by atoms with van der Waals surface area (Å²) in [7, 11) is 1.39. The van der Waals surface area contributed by atoms with Crippen molar-refractivity contribution in [3.8, 4) is 17.6 Å². The fourth-order valence-corrected chi connectivity index (χ4v) is 10.8. The molecule has 4 N–H and O–H groups in total. The summed E-state index contributed by atoms with van der Waals surface area (Å²) < 4.78 is 69.8. The molecule has 5 amide bonds. The number of fused-ring (bicyclic) bond motifs is 3. The number of anilines is 2. The van der Waals surface area contributed by atoms with E-state index in [9.17, 15) is 37.1 Å². The van der Waals surface area contributed by atoms with Crippen LogP contribution in [0.15, 0.2) is 66.9 Å². The molecule has 6 heterocycles. The molecule has 0 bridgehead atoms. The number of piperidine rings is 1. The van der Waals surface area contributed by atoms with Gasteiger partial charge in [-0.1, -0.05) is 62.4 Å². The van der Waals surface area contributed by atoms with Crippen molar-refractivity contribution in [2.24, 2.45) is 5.41 Å². The van der Waals surface area contributed by atoms with Crippen LogP contribution in [0.2, 0.25) is 5.02 Å². The summed E-state index contributed by atoms with van der Waals surface area (Å²) in [4.78, 5) is 73.3. The number of nitrogens with zero attached hydrogens (tertiary/aromatic N) is 3. The molecule has 6 atom stereocenters. The van der Waals surface area contributed by atoms with Gasteiger partial charge >= 0.3 is 6.18 Å². The van der Waals surface area contributed by atoms with Gasteiger partial charge in [-0.25, -0.2) is 4.39 Å². The van der Waals surface area contributed by atoms with Gasteiger partial charge in [-0.2, -0.15) is 13.2 Å². The van der Waals surface area contributed by atoms with Crippen LogP contribution < -0.4 is 26.0 Å². The first-order valence-corrected chi connectivity index (χ1v) is 23.3. The highest BCUT2D eigenvalue weighted by Crippen LogP contribution is 2.57. The molecule has 4 aromatic rings. The molecule has 0 saturated carbocycles. The van der Waals surface area contributed by atoms with Crippen LogP contribution in [0.25, 0.3) is 0 Å². The van der Waals surface area contributed by atoms with E-state index < -0.39 is 65.1 Å². The van der Waals surface area contributed by atoms with Gasteiger partial charge in [0.15, 0.2) is 0 Å². The minimum atomic E-state index is -4.71. The highest BCUT2D eigenvalue weighted by Gasteiger charge is 2.62. The standard InChI is InChI=1S/C51H50ClF4N7O7/c1-49(2,3)23-40-50(26-58-36-22-39(51(54,55)56)57-24-33(36)50)42(31-9-6-10-34(52)43(31)53)44(60-40)46(66)59-35-14-12-28(21-38(35)69-4)47(67)62-18-17-29(70-20-19-62)13-11-27-7-5-8-30-32(27)25-63(48(30)68)37-15-16-41(64)61-45(37)65/h5-10,12,14,21-22,24,29,37,40,42,44,58,60H,15-20,23,25-26H2,1-4H3,(H,59,66)(H,61,64,65)/t29-,37+,40+,42+,44-,50+/m1/s1.